The molecule has 1 aromatic heterocycles. The summed E-state index contributed by atoms with van der Waals surface area (Å²) >= 11 is 1.62. The molecule has 0 spiro atoms. The van der Waals surface area contributed by atoms with Crippen molar-refractivity contribution in [3.8, 4) is 0 Å². The maximum Gasteiger partial charge on any atom is 0.332 e. The van der Waals surface area contributed by atoms with E-state index in [-0.39, 0.29) is 16.7 Å². The molecule has 1 amide bonds. The Bertz CT molecular complexity index is 1050. The van der Waals surface area contributed by atoms with E-state index in [0.717, 1.165) is 14.6 Å². The van der Waals surface area contributed by atoms with Gasteiger partial charge >= 0.3 is 5.97 Å². The smallest absolute Gasteiger partial charge is 0.332 e. The van der Waals surface area contributed by atoms with Gasteiger partial charge in [0.15, 0.2) is 10.4 Å². The van der Waals surface area contributed by atoms with Crippen LogP contribution in [0.5, 0.6) is 0 Å². The number of para-hydroxylation sites is 1. The van der Waals surface area contributed by atoms with Crippen molar-refractivity contribution < 1.29 is 18.8 Å². The van der Waals surface area contributed by atoms with Crippen molar-refractivity contribution in [2.75, 3.05) is 7.11 Å². The molecule has 6 nitrogen and oxygen atoms in total. The lowest BCUT2D eigenvalue weighted by Crippen LogP contribution is -2.73. The predicted molar refractivity (Wildman–Crippen MR) is 144 cm³/mol. The van der Waals surface area contributed by atoms with Crippen molar-refractivity contribution in [1.29, 1.82) is 0 Å². The molecule has 1 aliphatic heterocycles. The number of likely N-dealkylation sites (tertiary alicyclic amines) is 1. The predicted octanol–water partition coefficient (Wildman–Crippen LogP) is 6.01. The van der Waals surface area contributed by atoms with Crippen LogP contribution in [0.25, 0.3) is 10.2 Å². The highest BCUT2D eigenvalue weighted by Gasteiger charge is 2.63. The number of carbonyl (C=O) groups is 2. The molecule has 34 heavy (non-hydrogen) atoms. The molecule has 3 unspecified atom stereocenters. The van der Waals surface area contributed by atoms with Gasteiger partial charge in [0.2, 0.25) is 14.9 Å². The highest BCUT2D eigenvalue weighted by atomic mass is 33.1. The van der Waals surface area contributed by atoms with Gasteiger partial charge in [-0.05, 0) is 60.9 Å². The summed E-state index contributed by atoms with van der Waals surface area (Å²) < 4.78 is 13.6. The number of hydrogen-bond acceptors (Lipinski definition) is 8. The average molecular weight is 538 g/mol. The second kappa shape index (κ2) is 10.3. The highest BCUT2D eigenvalue weighted by molar-refractivity contribution is 8.77. The lowest BCUT2D eigenvalue weighted by Gasteiger charge is -2.59. The van der Waals surface area contributed by atoms with E-state index in [0.29, 0.717) is 5.57 Å². The fraction of sp³-hybridized carbons (Fsp3) is 0.542. The first-order chi connectivity index (χ1) is 15.8. The van der Waals surface area contributed by atoms with E-state index in [1.54, 1.807) is 34.0 Å². The van der Waals surface area contributed by atoms with E-state index >= 15 is 0 Å². The Morgan fingerprint density at radius 2 is 1.91 bits per heavy atom. The number of rotatable bonds is 9. The maximum absolute atomic E-state index is 13.7. The number of β-lactam (4-membered cyclic amide) rings is 1. The quantitative estimate of drug-likeness (QED) is 0.128. The number of esters is 1. The summed E-state index contributed by atoms with van der Waals surface area (Å²) in [7, 11) is 3.31. The van der Waals surface area contributed by atoms with E-state index < -0.39 is 32.6 Å². The number of aromatic nitrogens is 1. The van der Waals surface area contributed by atoms with Gasteiger partial charge in [0.1, 0.15) is 5.37 Å². The first-order valence-corrected chi connectivity index (χ1v) is 16.5. The van der Waals surface area contributed by atoms with Crippen LogP contribution < -0.4 is 0 Å². The van der Waals surface area contributed by atoms with E-state index in [4.69, 9.17) is 14.1 Å². The number of carbonyl (C=O) groups excluding carboxylic acids is 2. The summed E-state index contributed by atoms with van der Waals surface area (Å²) in [5.41, 5.74) is 0.517. The average Bonchev–Trinajstić information content (AvgIpc) is 3.15. The van der Waals surface area contributed by atoms with E-state index in [2.05, 4.69) is 46.5 Å². The van der Waals surface area contributed by atoms with E-state index in [1.807, 2.05) is 25.1 Å². The minimum absolute atomic E-state index is 0.110. The van der Waals surface area contributed by atoms with Crippen LogP contribution in [-0.2, 0) is 18.8 Å². The van der Waals surface area contributed by atoms with Gasteiger partial charge in [-0.15, -0.1) is 11.3 Å². The zero-order chi connectivity index (χ0) is 25.4. The highest BCUT2D eigenvalue weighted by Crippen LogP contribution is 2.55. The number of ether oxygens (including phenoxy) is 1. The summed E-state index contributed by atoms with van der Waals surface area (Å²) in [4.78, 5) is 32.8. The molecule has 1 aromatic carbocycles. The molecule has 10 heteroatoms. The topological polar surface area (TPSA) is 68.7 Å². The summed E-state index contributed by atoms with van der Waals surface area (Å²) in [6.45, 7) is 18.2. The van der Waals surface area contributed by atoms with Crippen LogP contribution >= 0.6 is 32.9 Å². The molecule has 1 aliphatic rings. The Morgan fingerprint density at radius 3 is 2.44 bits per heavy atom. The molecule has 2 heterocycles. The monoisotopic (exact) mass is 537 g/mol. The summed E-state index contributed by atoms with van der Waals surface area (Å²) in [6, 6.07) is 7.18. The van der Waals surface area contributed by atoms with Crippen molar-refractivity contribution in [2.45, 2.75) is 69.1 Å². The van der Waals surface area contributed by atoms with Crippen LogP contribution in [0.4, 0.5) is 0 Å². The summed E-state index contributed by atoms with van der Waals surface area (Å²) in [5, 5.41) is -0.309. The van der Waals surface area contributed by atoms with Gasteiger partial charge in [0.05, 0.1) is 28.8 Å². The molecule has 0 aliphatic carbocycles. The van der Waals surface area contributed by atoms with Gasteiger partial charge in [0, 0.05) is 0 Å². The zero-order valence-corrected chi connectivity index (χ0v) is 24.5. The third kappa shape index (κ3) is 5.11. The molecule has 1 radical (unpaired) electrons. The molecule has 0 saturated carbocycles. The molecular weight excluding hydrogens is 505 g/mol. The maximum atomic E-state index is 13.7. The van der Waals surface area contributed by atoms with Gasteiger partial charge in [-0.3, -0.25) is 4.79 Å². The van der Waals surface area contributed by atoms with Gasteiger partial charge < -0.3 is 14.1 Å². The first kappa shape index (κ1) is 27.3. The van der Waals surface area contributed by atoms with Crippen LogP contribution in [0.3, 0.4) is 0 Å². The Morgan fingerprint density at radius 1 is 1.26 bits per heavy atom. The van der Waals surface area contributed by atoms with Crippen LogP contribution in [0.1, 0.15) is 34.6 Å². The van der Waals surface area contributed by atoms with Gasteiger partial charge in [0.25, 0.3) is 0 Å². The summed E-state index contributed by atoms with van der Waals surface area (Å²) in [6.07, 6.45) is 0. The Kier molecular flexibility index (Phi) is 8.29. The number of thiazole rings is 1. The number of benzene rings is 1. The fourth-order valence-electron chi connectivity index (χ4n) is 4.12. The second-order valence-corrected chi connectivity index (χ2v) is 15.5. The minimum atomic E-state index is -1.10. The van der Waals surface area contributed by atoms with Crippen LogP contribution in [0, 0.1) is 11.3 Å². The van der Waals surface area contributed by atoms with Crippen molar-refractivity contribution in [3.05, 3.63) is 36.4 Å². The molecule has 1 fully saturated rings. The molecule has 1 saturated heterocycles. The molecule has 4 atom stereocenters. The largest absolute Gasteiger partial charge is 0.467 e. The van der Waals surface area contributed by atoms with Crippen LogP contribution in [-0.4, -0.2) is 54.9 Å². The SMILES string of the molecule is C=C(C)C(C(=O)OC)N1C(=O)C([C@@](C)(O[Si](C)C)C(C)(C)C)C1SSc1nc2ccccc2s1. The number of nitrogens with zero attached hydrogens (tertiary/aromatic N) is 2. The number of amides is 1. The van der Waals surface area contributed by atoms with Crippen molar-refractivity contribution in [2.24, 2.45) is 11.3 Å². The first-order valence-electron chi connectivity index (χ1n) is 11.0. The molecule has 2 aromatic rings. The molecular formula is C24H33N2O4S3Si. The minimum Gasteiger partial charge on any atom is -0.467 e. The molecule has 3 rings (SSSR count). The third-order valence-corrected chi connectivity index (χ3v) is 11.1. The third-order valence-electron chi connectivity index (χ3n) is 6.24. The lowest BCUT2D eigenvalue weighted by molar-refractivity contribution is -0.184. The van der Waals surface area contributed by atoms with Gasteiger partial charge in [-0.2, -0.15) is 0 Å². The Labute approximate surface area is 216 Å². The van der Waals surface area contributed by atoms with Crippen molar-refractivity contribution in [1.82, 2.24) is 9.88 Å². The van der Waals surface area contributed by atoms with E-state index in [9.17, 15) is 9.59 Å². The van der Waals surface area contributed by atoms with Crippen molar-refractivity contribution in [3.63, 3.8) is 0 Å². The fourth-order valence-corrected chi connectivity index (χ4v) is 9.55. The van der Waals surface area contributed by atoms with E-state index in [1.165, 1.54) is 17.9 Å². The lowest BCUT2D eigenvalue weighted by atomic mass is 9.66. The molecule has 0 bridgehead atoms. The number of hydrogen-bond donors (Lipinski definition) is 0. The van der Waals surface area contributed by atoms with Crippen molar-refractivity contribution >= 4 is 64.1 Å². The van der Waals surface area contributed by atoms with Crippen LogP contribution in [0.15, 0.2) is 40.8 Å². The molecule has 185 valence electrons. The second-order valence-electron chi connectivity index (χ2n) is 9.88. The van der Waals surface area contributed by atoms with Crippen LogP contribution in [0.2, 0.25) is 13.1 Å². The zero-order valence-electron chi connectivity index (χ0n) is 21.0. The molecule has 0 N–H and O–H groups in total. The number of fused-ring (bicyclic) bond motifs is 1. The number of methoxy groups -OCH3 is 1. The normalized spacial score (nSPS) is 21.3. The Hall–Kier alpha value is -1.33. The Balaban J connectivity index is 1.99. The standard InChI is InChI=1S/C24H33N2O4S3Si/c1-14(2)18(21(28)29-7)26-19(27)17(24(6,23(3,4)5)30-34(8)9)20(26)32-33-22-25-15-12-10-11-13-16(15)31-22/h10-13,17-18,20H,1H2,2-9H3/t17?,18?,20?,24-/m1/s1. The van der Waals surface area contributed by atoms with Gasteiger partial charge in [-0.25, -0.2) is 9.78 Å². The van der Waals surface area contributed by atoms with Gasteiger partial charge in [-0.1, -0.05) is 50.3 Å². The summed E-state index contributed by atoms with van der Waals surface area (Å²) in [5.74, 6) is -1.02.